The molecule has 0 atom stereocenters. The number of carbonyl (C=O) groups excluding carboxylic acids is 2. The van der Waals surface area contributed by atoms with Crippen LogP contribution in [0.15, 0.2) is 60.7 Å². The normalized spacial score (nSPS) is 10.1. The van der Waals surface area contributed by atoms with E-state index in [1.807, 2.05) is 67.6 Å². The van der Waals surface area contributed by atoms with Crippen molar-refractivity contribution in [3.8, 4) is 0 Å². The summed E-state index contributed by atoms with van der Waals surface area (Å²) in [5.74, 6) is -0.210. The molecule has 120 valence electrons. The summed E-state index contributed by atoms with van der Waals surface area (Å²) in [5, 5.41) is 2.70. The highest BCUT2D eigenvalue weighted by Crippen LogP contribution is 2.04. The summed E-state index contributed by atoms with van der Waals surface area (Å²) in [6, 6.07) is 19.3. The fraction of sp³-hybridized carbons (Fsp3) is 0.263. The van der Waals surface area contributed by atoms with Crippen molar-refractivity contribution in [1.29, 1.82) is 0 Å². The summed E-state index contributed by atoms with van der Waals surface area (Å²) in [6.07, 6.45) is 0.291. The molecule has 2 rings (SSSR count). The third-order valence-electron chi connectivity index (χ3n) is 3.59. The molecule has 2 amide bonds. The summed E-state index contributed by atoms with van der Waals surface area (Å²) in [5.41, 5.74) is 2.02. The first kappa shape index (κ1) is 16.7. The molecule has 0 bridgehead atoms. The molecule has 0 radical (unpaired) electrons. The number of likely N-dealkylation sites (N-methyl/N-ethyl adjacent to an activating group) is 1. The van der Waals surface area contributed by atoms with E-state index in [0.717, 1.165) is 11.1 Å². The van der Waals surface area contributed by atoms with Gasteiger partial charge in [-0.2, -0.15) is 0 Å². The minimum Gasteiger partial charge on any atom is -0.347 e. The molecule has 0 fully saturated rings. The molecule has 0 saturated carbocycles. The monoisotopic (exact) mass is 310 g/mol. The molecule has 0 spiro atoms. The Kier molecular flexibility index (Phi) is 6.36. The van der Waals surface area contributed by atoms with E-state index in [0.29, 0.717) is 19.5 Å². The zero-order valence-electron chi connectivity index (χ0n) is 13.4. The topological polar surface area (TPSA) is 49.4 Å². The van der Waals surface area contributed by atoms with E-state index in [4.69, 9.17) is 0 Å². The second kappa shape index (κ2) is 8.73. The molecule has 2 aromatic carbocycles. The van der Waals surface area contributed by atoms with Gasteiger partial charge in [0.05, 0.1) is 13.0 Å². The summed E-state index contributed by atoms with van der Waals surface area (Å²) in [6.45, 7) is 3.14. The van der Waals surface area contributed by atoms with Gasteiger partial charge in [0.2, 0.25) is 11.8 Å². The van der Waals surface area contributed by atoms with Gasteiger partial charge in [-0.25, -0.2) is 0 Å². The lowest BCUT2D eigenvalue weighted by atomic mass is 10.1. The van der Waals surface area contributed by atoms with Crippen molar-refractivity contribution >= 4 is 11.8 Å². The first-order chi connectivity index (χ1) is 11.2. The lowest BCUT2D eigenvalue weighted by molar-refractivity contribution is -0.133. The maximum Gasteiger partial charge on any atom is 0.242 e. The van der Waals surface area contributed by atoms with Gasteiger partial charge in [0.25, 0.3) is 0 Å². The predicted octanol–water partition coefficient (Wildman–Crippen LogP) is 2.39. The lowest BCUT2D eigenvalue weighted by Crippen LogP contribution is -2.40. The van der Waals surface area contributed by atoms with Crippen LogP contribution in [0.1, 0.15) is 18.1 Å². The smallest absolute Gasteiger partial charge is 0.242 e. The van der Waals surface area contributed by atoms with Crippen LogP contribution in [0.5, 0.6) is 0 Å². The largest absolute Gasteiger partial charge is 0.347 e. The molecule has 0 aliphatic rings. The van der Waals surface area contributed by atoms with Crippen molar-refractivity contribution in [2.24, 2.45) is 0 Å². The van der Waals surface area contributed by atoms with E-state index < -0.39 is 0 Å². The van der Waals surface area contributed by atoms with Gasteiger partial charge in [-0.05, 0) is 18.1 Å². The maximum absolute atomic E-state index is 12.2. The Morgan fingerprint density at radius 2 is 1.48 bits per heavy atom. The van der Waals surface area contributed by atoms with E-state index in [1.54, 1.807) is 4.90 Å². The highest BCUT2D eigenvalue weighted by atomic mass is 16.2. The average molecular weight is 310 g/mol. The molecule has 4 heteroatoms. The molecule has 1 N–H and O–H groups in total. The second-order valence-corrected chi connectivity index (χ2v) is 5.33. The Bertz CT molecular complexity index is 626. The standard InChI is InChI=1S/C19H22N2O2/c1-2-21(15-17-11-7-4-8-12-17)19(23)14-20-18(22)13-16-9-5-3-6-10-16/h3-12H,2,13-15H2,1H3,(H,20,22). The summed E-state index contributed by atoms with van der Waals surface area (Å²) >= 11 is 0. The number of amides is 2. The molecule has 0 aliphatic heterocycles. The minimum absolute atomic E-state index is 0.0341. The van der Waals surface area contributed by atoms with Crippen LogP contribution >= 0.6 is 0 Å². The zero-order valence-corrected chi connectivity index (χ0v) is 13.4. The number of hydrogen-bond donors (Lipinski definition) is 1. The van der Waals surface area contributed by atoms with Gasteiger partial charge in [-0.3, -0.25) is 9.59 Å². The summed E-state index contributed by atoms with van der Waals surface area (Å²) in [4.78, 5) is 25.9. The van der Waals surface area contributed by atoms with E-state index in [1.165, 1.54) is 0 Å². The Hall–Kier alpha value is -2.62. The van der Waals surface area contributed by atoms with E-state index in [-0.39, 0.29) is 18.4 Å². The van der Waals surface area contributed by atoms with E-state index in [9.17, 15) is 9.59 Å². The van der Waals surface area contributed by atoms with Crippen LogP contribution in [0.25, 0.3) is 0 Å². The fourth-order valence-corrected chi connectivity index (χ4v) is 2.31. The average Bonchev–Trinajstić information content (AvgIpc) is 2.59. The lowest BCUT2D eigenvalue weighted by Gasteiger charge is -2.21. The van der Waals surface area contributed by atoms with Crippen molar-refractivity contribution in [1.82, 2.24) is 10.2 Å². The summed E-state index contributed by atoms with van der Waals surface area (Å²) in [7, 11) is 0. The van der Waals surface area contributed by atoms with Gasteiger partial charge >= 0.3 is 0 Å². The minimum atomic E-state index is -0.139. The van der Waals surface area contributed by atoms with Crippen molar-refractivity contribution in [2.75, 3.05) is 13.1 Å². The predicted molar refractivity (Wildman–Crippen MR) is 90.7 cm³/mol. The molecule has 2 aromatic rings. The molecule has 4 nitrogen and oxygen atoms in total. The van der Waals surface area contributed by atoms with Crippen LogP contribution in [0.2, 0.25) is 0 Å². The molecule has 23 heavy (non-hydrogen) atoms. The fourth-order valence-electron chi connectivity index (χ4n) is 2.31. The Morgan fingerprint density at radius 1 is 0.913 bits per heavy atom. The van der Waals surface area contributed by atoms with Crippen molar-refractivity contribution in [2.45, 2.75) is 19.9 Å². The third kappa shape index (κ3) is 5.58. The number of nitrogens with zero attached hydrogens (tertiary/aromatic N) is 1. The van der Waals surface area contributed by atoms with Crippen LogP contribution < -0.4 is 5.32 Å². The molecule has 0 unspecified atom stereocenters. The Morgan fingerprint density at radius 3 is 2.04 bits per heavy atom. The number of rotatable bonds is 7. The van der Waals surface area contributed by atoms with E-state index in [2.05, 4.69) is 5.32 Å². The van der Waals surface area contributed by atoms with Gasteiger partial charge in [0, 0.05) is 13.1 Å². The van der Waals surface area contributed by atoms with Crippen LogP contribution in [-0.4, -0.2) is 29.8 Å². The van der Waals surface area contributed by atoms with Crippen LogP contribution in [0.4, 0.5) is 0 Å². The molecule has 0 aromatic heterocycles. The molecular formula is C19H22N2O2. The molecule has 0 saturated heterocycles. The Labute approximate surface area is 137 Å². The first-order valence-electron chi connectivity index (χ1n) is 7.81. The van der Waals surface area contributed by atoms with E-state index >= 15 is 0 Å². The maximum atomic E-state index is 12.2. The van der Waals surface area contributed by atoms with Gasteiger partial charge in [0.15, 0.2) is 0 Å². The number of benzene rings is 2. The number of hydrogen-bond acceptors (Lipinski definition) is 2. The van der Waals surface area contributed by atoms with Crippen molar-refractivity contribution in [3.05, 3.63) is 71.8 Å². The van der Waals surface area contributed by atoms with Crippen LogP contribution in [-0.2, 0) is 22.6 Å². The zero-order chi connectivity index (χ0) is 16.5. The van der Waals surface area contributed by atoms with Crippen molar-refractivity contribution in [3.63, 3.8) is 0 Å². The van der Waals surface area contributed by atoms with Gasteiger partial charge in [-0.1, -0.05) is 60.7 Å². The number of carbonyl (C=O) groups is 2. The van der Waals surface area contributed by atoms with Crippen LogP contribution in [0, 0.1) is 0 Å². The molecule has 0 aliphatic carbocycles. The first-order valence-corrected chi connectivity index (χ1v) is 7.81. The molecular weight excluding hydrogens is 288 g/mol. The third-order valence-corrected chi connectivity index (χ3v) is 3.59. The number of nitrogens with one attached hydrogen (secondary N) is 1. The van der Waals surface area contributed by atoms with Gasteiger partial charge in [0.1, 0.15) is 0 Å². The quantitative estimate of drug-likeness (QED) is 0.853. The second-order valence-electron chi connectivity index (χ2n) is 5.33. The SMILES string of the molecule is CCN(Cc1ccccc1)C(=O)CNC(=O)Cc1ccccc1. The van der Waals surface area contributed by atoms with Crippen LogP contribution in [0.3, 0.4) is 0 Å². The van der Waals surface area contributed by atoms with Crippen molar-refractivity contribution < 1.29 is 9.59 Å². The van der Waals surface area contributed by atoms with Gasteiger partial charge < -0.3 is 10.2 Å². The highest BCUT2D eigenvalue weighted by Gasteiger charge is 2.13. The summed E-state index contributed by atoms with van der Waals surface area (Å²) < 4.78 is 0. The molecule has 0 heterocycles. The Balaban J connectivity index is 1.81. The highest BCUT2D eigenvalue weighted by molar-refractivity contribution is 5.85. The van der Waals surface area contributed by atoms with Gasteiger partial charge in [-0.15, -0.1) is 0 Å².